The first kappa shape index (κ1) is 14.5. The van der Waals surface area contributed by atoms with Gasteiger partial charge in [-0.15, -0.1) is 0 Å². The fourth-order valence-electron chi connectivity index (χ4n) is 2.50. The molecule has 0 unspecified atom stereocenters. The molecule has 0 aliphatic heterocycles. The zero-order valence-corrected chi connectivity index (χ0v) is 11.3. The van der Waals surface area contributed by atoms with E-state index in [9.17, 15) is 9.59 Å². The van der Waals surface area contributed by atoms with Crippen molar-refractivity contribution in [1.82, 2.24) is 5.32 Å². The molecule has 1 aromatic rings. The van der Waals surface area contributed by atoms with E-state index in [0.717, 1.165) is 19.3 Å². The normalized spacial score (nSPS) is 15.2. The Morgan fingerprint density at radius 2 is 1.90 bits per heavy atom. The molecule has 0 heterocycles. The van der Waals surface area contributed by atoms with Crippen LogP contribution in [0.5, 0.6) is 0 Å². The van der Waals surface area contributed by atoms with Gasteiger partial charge in [0.1, 0.15) is 6.04 Å². The van der Waals surface area contributed by atoms with Gasteiger partial charge in [-0.05, 0) is 48.9 Å². The largest absolute Gasteiger partial charge is 0.480 e. The molecule has 1 amide bonds. The third-order valence-corrected chi connectivity index (χ3v) is 3.63. The van der Waals surface area contributed by atoms with Crippen molar-refractivity contribution < 1.29 is 19.8 Å². The third kappa shape index (κ3) is 3.36. The molecule has 0 bridgehead atoms. The number of aryl methyl sites for hydroxylation is 2. The van der Waals surface area contributed by atoms with Gasteiger partial charge in [-0.1, -0.05) is 6.07 Å². The number of fused-ring (bicyclic) bond motifs is 1. The Hall–Kier alpha value is -1.88. The summed E-state index contributed by atoms with van der Waals surface area (Å²) in [7, 11) is 0. The smallest absolute Gasteiger partial charge is 0.326 e. The molecule has 1 aromatic carbocycles. The van der Waals surface area contributed by atoms with Gasteiger partial charge in [-0.25, -0.2) is 4.79 Å². The Balaban J connectivity index is 2.10. The number of aliphatic carboxylic acids is 1. The van der Waals surface area contributed by atoms with Crippen molar-refractivity contribution in [2.75, 3.05) is 6.61 Å². The highest BCUT2D eigenvalue weighted by molar-refractivity contribution is 5.96. The Labute approximate surface area is 117 Å². The van der Waals surface area contributed by atoms with Gasteiger partial charge in [-0.3, -0.25) is 4.79 Å². The lowest BCUT2D eigenvalue weighted by Gasteiger charge is -2.17. The van der Waals surface area contributed by atoms with Crippen molar-refractivity contribution in [3.05, 3.63) is 34.9 Å². The molecule has 5 heteroatoms. The number of carboxylic acid groups (broad SMARTS) is 1. The number of rotatable bonds is 5. The van der Waals surface area contributed by atoms with Gasteiger partial charge in [0.25, 0.3) is 5.91 Å². The summed E-state index contributed by atoms with van der Waals surface area (Å²) in [5.74, 6) is -1.54. The molecule has 3 N–H and O–H groups in total. The SMILES string of the molecule is O=C(N[C@H](CCO)C(=O)O)c1ccc2c(c1)CCCC2. The minimum Gasteiger partial charge on any atom is -0.480 e. The van der Waals surface area contributed by atoms with Crippen LogP contribution >= 0.6 is 0 Å². The predicted octanol–water partition coefficient (Wildman–Crippen LogP) is 1.13. The minimum absolute atomic E-state index is 0.00597. The van der Waals surface area contributed by atoms with Crippen molar-refractivity contribution in [3.63, 3.8) is 0 Å². The molecule has 1 aliphatic rings. The highest BCUT2D eigenvalue weighted by Crippen LogP contribution is 2.22. The predicted molar refractivity (Wildman–Crippen MR) is 73.7 cm³/mol. The molecule has 1 atom stereocenters. The first-order valence-corrected chi connectivity index (χ1v) is 6.88. The molecular weight excluding hydrogens is 258 g/mol. The Kier molecular flexibility index (Phi) is 4.74. The lowest BCUT2D eigenvalue weighted by Crippen LogP contribution is -2.41. The number of aliphatic hydroxyl groups is 1. The number of amides is 1. The summed E-state index contributed by atoms with van der Waals surface area (Å²) in [6.07, 6.45) is 4.32. The molecule has 108 valence electrons. The summed E-state index contributed by atoms with van der Waals surface area (Å²) in [4.78, 5) is 23.0. The van der Waals surface area contributed by atoms with E-state index in [1.54, 1.807) is 6.07 Å². The van der Waals surface area contributed by atoms with Crippen LogP contribution in [0.3, 0.4) is 0 Å². The van der Waals surface area contributed by atoms with E-state index in [0.29, 0.717) is 5.56 Å². The molecule has 2 rings (SSSR count). The van der Waals surface area contributed by atoms with Crippen molar-refractivity contribution in [3.8, 4) is 0 Å². The first-order chi connectivity index (χ1) is 9.61. The molecule has 0 spiro atoms. The Bertz CT molecular complexity index is 513. The van der Waals surface area contributed by atoms with Crippen LogP contribution in [0.4, 0.5) is 0 Å². The van der Waals surface area contributed by atoms with Crippen LogP contribution in [-0.4, -0.2) is 34.7 Å². The first-order valence-electron chi connectivity index (χ1n) is 6.88. The summed E-state index contributed by atoms with van der Waals surface area (Å²) in [5, 5.41) is 20.2. The van der Waals surface area contributed by atoms with Crippen molar-refractivity contribution >= 4 is 11.9 Å². The monoisotopic (exact) mass is 277 g/mol. The zero-order chi connectivity index (χ0) is 14.5. The molecule has 1 aliphatic carbocycles. The standard InChI is InChI=1S/C15H19NO4/c17-8-7-13(15(19)20)16-14(18)12-6-5-10-3-1-2-4-11(10)9-12/h5-6,9,13,17H,1-4,7-8H2,(H,16,18)(H,19,20)/t13-/m1/s1. The molecule has 20 heavy (non-hydrogen) atoms. The molecule has 0 saturated heterocycles. The lowest BCUT2D eigenvalue weighted by atomic mass is 9.90. The van der Waals surface area contributed by atoms with Gasteiger partial charge in [0.2, 0.25) is 0 Å². The van der Waals surface area contributed by atoms with Gasteiger partial charge in [0.15, 0.2) is 0 Å². The molecular formula is C15H19NO4. The van der Waals surface area contributed by atoms with E-state index >= 15 is 0 Å². The molecule has 0 fully saturated rings. The molecule has 0 radical (unpaired) electrons. The number of hydrogen-bond donors (Lipinski definition) is 3. The van der Waals surface area contributed by atoms with Gasteiger partial charge < -0.3 is 15.5 Å². The Morgan fingerprint density at radius 1 is 1.20 bits per heavy atom. The van der Waals surface area contributed by atoms with Gasteiger partial charge >= 0.3 is 5.97 Å². The van der Waals surface area contributed by atoms with E-state index in [1.165, 1.54) is 17.5 Å². The van der Waals surface area contributed by atoms with Crippen LogP contribution in [0.15, 0.2) is 18.2 Å². The molecule has 0 aromatic heterocycles. The second-order valence-corrected chi connectivity index (χ2v) is 5.07. The van der Waals surface area contributed by atoms with Crippen LogP contribution in [0.2, 0.25) is 0 Å². The van der Waals surface area contributed by atoms with Gasteiger partial charge in [-0.2, -0.15) is 0 Å². The fraction of sp³-hybridized carbons (Fsp3) is 0.467. The van der Waals surface area contributed by atoms with Crippen molar-refractivity contribution in [2.24, 2.45) is 0 Å². The van der Waals surface area contributed by atoms with E-state index < -0.39 is 17.9 Å². The maximum atomic E-state index is 12.1. The number of benzene rings is 1. The maximum Gasteiger partial charge on any atom is 0.326 e. The lowest BCUT2D eigenvalue weighted by molar-refractivity contribution is -0.139. The number of carboxylic acids is 1. The summed E-state index contributed by atoms with van der Waals surface area (Å²) in [6.45, 7) is -0.276. The van der Waals surface area contributed by atoms with E-state index in [4.69, 9.17) is 10.2 Å². The average Bonchev–Trinajstić information content (AvgIpc) is 2.46. The average molecular weight is 277 g/mol. The zero-order valence-electron chi connectivity index (χ0n) is 11.3. The van der Waals surface area contributed by atoms with Crippen molar-refractivity contribution in [2.45, 2.75) is 38.1 Å². The summed E-state index contributed by atoms with van der Waals surface area (Å²) >= 11 is 0. The number of hydrogen-bond acceptors (Lipinski definition) is 3. The second kappa shape index (κ2) is 6.52. The quantitative estimate of drug-likeness (QED) is 0.753. The number of nitrogens with one attached hydrogen (secondary N) is 1. The third-order valence-electron chi connectivity index (χ3n) is 3.63. The van der Waals surface area contributed by atoms with Crippen LogP contribution in [0.1, 0.15) is 40.7 Å². The number of carbonyl (C=O) groups excluding carboxylic acids is 1. The maximum absolute atomic E-state index is 12.1. The minimum atomic E-state index is -1.13. The van der Waals surface area contributed by atoms with Gasteiger partial charge in [0, 0.05) is 18.6 Å². The highest BCUT2D eigenvalue weighted by atomic mass is 16.4. The van der Waals surface area contributed by atoms with E-state index in [-0.39, 0.29) is 13.0 Å². The summed E-state index contributed by atoms with van der Waals surface area (Å²) in [6, 6.07) is 4.48. The molecule has 5 nitrogen and oxygen atoms in total. The van der Waals surface area contributed by atoms with Gasteiger partial charge in [0.05, 0.1) is 0 Å². The van der Waals surface area contributed by atoms with E-state index in [1.807, 2.05) is 12.1 Å². The van der Waals surface area contributed by atoms with Crippen LogP contribution in [0.25, 0.3) is 0 Å². The fourth-order valence-corrected chi connectivity index (χ4v) is 2.50. The summed E-state index contributed by atoms with van der Waals surface area (Å²) in [5.41, 5.74) is 2.94. The number of carbonyl (C=O) groups is 2. The van der Waals surface area contributed by atoms with Crippen molar-refractivity contribution in [1.29, 1.82) is 0 Å². The van der Waals surface area contributed by atoms with E-state index in [2.05, 4.69) is 5.32 Å². The topological polar surface area (TPSA) is 86.6 Å². The van der Waals surface area contributed by atoms with Crippen LogP contribution < -0.4 is 5.32 Å². The number of aliphatic hydroxyl groups excluding tert-OH is 1. The Morgan fingerprint density at radius 3 is 2.55 bits per heavy atom. The molecule has 0 saturated carbocycles. The highest BCUT2D eigenvalue weighted by Gasteiger charge is 2.20. The summed E-state index contributed by atoms with van der Waals surface area (Å²) < 4.78 is 0. The van der Waals surface area contributed by atoms with Crippen LogP contribution in [0, 0.1) is 0 Å². The second-order valence-electron chi connectivity index (χ2n) is 5.07. The van der Waals surface area contributed by atoms with Crippen LogP contribution in [-0.2, 0) is 17.6 Å².